The van der Waals surface area contributed by atoms with E-state index in [4.69, 9.17) is 4.74 Å². The Bertz CT molecular complexity index is 972. The lowest BCUT2D eigenvalue weighted by Crippen LogP contribution is -2.40. The van der Waals surface area contributed by atoms with Gasteiger partial charge in [0, 0.05) is 24.3 Å². The van der Waals surface area contributed by atoms with Crippen LogP contribution in [0.15, 0.2) is 53.4 Å². The van der Waals surface area contributed by atoms with Gasteiger partial charge in [-0.2, -0.15) is 4.31 Å². The molecular weight excluding hydrogens is 413 g/mol. The number of halogens is 3. The van der Waals surface area contributed by atoms with E-state index in [2.05, 4.69) is 10.1 Å². The zero-order valence-electron chi connectivity index (χ0n) is 15.0. The van der Waals surface area contributed by atoms with Crippen LogP contribution in [0.1, 0.15) is 10.4 Å². The summed E-state index contributed by atoms with van der Waals surface area (Å²) in [6, 6.07) is 10.1. The lowest BCUT2D eigenvalue weighted by Gasteiger charge is -2.26. The maximum absolute atomic E-state index is 12.7. The first-order valence-corrected chi connectivity index (χ1v) is 9.94. The van der Waals surface area contributed by atoms with Crippen molar-refractivity contribution < 1.29 is 35.9 Å². The maximum atomic E-state index is 12.7. The molecule has 1 N–H and O–H groups in total. The number of benzene rings is 2. The molecule has 1 fully saturated rings. The third-order valence-corrected chi connectivity index (χ3v) is 5.94. The molecule has 1 heterocycles. The van der Waals surface area contributed by atoms with Crippen LogP contribution in [0.3, 0.4) is 0 Å². The molecule has 2 aromatic rings. The van der Waals surface area contributed by atoms with E-state index in [0.717, 1.165) is 12.1 Å². The van der Waals surface area contributed by atoms with E-state index in [9.17, 15) is 26.4 Å². The number of amides is 1. The Hall–Kier alpha value is -2.63. The maximum Gasteiger partial charge on any atom is 0.573 e. The number of sulfonamides is 1. The average Bonchev–Trinajstić information content (AvgIpc) is 2.68. The van der Waals surface area contributed by atoms with E-state index >= 15 is 0 Å². The van der Waals surface area contributed by atoms with Crippen molar-refractivity contribution in [3.63, 3.8) is 0 Å². The molecule has 29 heavy (non-hydrogen) atoms. The lowest BCUT2D eigenvalue weighted by atomic mass is 10.2. The monoisotopic (exact) mass is 430 g/mol. The normalized spacial score (nSPS) is 15.7. The number of ether oxygens (including phenoxy) is 2. The first-order chi connectivity index (χ1) is 13.6. The molecule has 0 unspecified atom stereocenters. The third-order valence-electron chi connectivity index (χ3n) is 4.05. The molecule has 0 radical (unpaired) electrons. The Morgan fingerprint density at radius 1 is 1.07 bits per heavy atom. The van der Waals surface area contributed by atoms with Crippen molar-refractivity contribution in [2.75, 3.05) is 31.6 Å². The van der Waals surface area contributed by atoms with Gasteiger partial charge in [0.15, 0.2) is 0 Å². The molecule has 0 saturated carbocycles. The molecule has 1 aliphatic heterocycles. The molecule has 0 aromatic heterocycles. The van der Waals surface area contributed by atoms with E-state index in [-0.39, 0.29) is 29.2 Å². The summed E-state index contributed by atoms with van der Waals surface area (Å²) in [5.74, 6) is -1.06. The van der Waals surface area contributed by atoms with Gasteiger partial charge in [0.05, 0.1) is 18.1 Å². The SMILES string of the molecule is O=C(Nc1cccc(S(=O)(=O)N2CCOCC2)c1)c1ccc(OC(F)(F)F)cc1. The van der Waals surface area contributed by atoms with Crippen molar-refractivity contribution in [2.24, 2.45) is 0 Å². The molecule has 7 nitrogen and oxygen atoms in total. The second kappa shape index (κ2) is 8.39. The van der Waals surface area contributed by atoms with Crippen LogP contribution in [-0.2, 0) is 14.8 Å². The summed E-state index contributed by atoms with van der Waals surface area (Å²) in [6.45, 7) is 1.10. The Kier molecular flexibility index (Phi) is 6.10. The third kappa shape index (κ3) is 5.46. The quantitative estimate of drug-likeness (QED) is 0.789. The Morgan fingerprint density at radius 3 is 2.34 bits per heavy atom. The van der Waals surface area contributed by atoms with Gasteiger partial charge in [0.1, 0.15) is 5.75 Å². The van der Waals surface area contributed by atoms with Gasteiger partial charge in [-0.3, -0.25) is 4.79 Å². The van der Waals surface area contributed by atoms with Gasteiger partial charge in [0.2, 0.25) is 10.0 Å². The van der Waals surface area contributed by atoms with Gasteiger partial charge < -0.3 is 14.8 Å². The highest BCUT2D eigenvalue weighted by atomic mass is 32.2. The minimum Gasteiger partial charge on any atom is -0.406 e. The first-order valence-electron chi connectivity index (χ1n) is 8.50. The second-order valence-electron chi connectivity index (χ2n) is 6.07. The molecule has 0 atom stereocenters. The zero-order chi connectivity index (χ0) is 21.1. The molecule has 3 rings (SSSR count). The minimum absolute atomic E-state index is 0.0196. The summed E-state index contributed by atoms with van der Waals surface area (Å²) in [4.78, 5) is 12.3. The van der Waals surface area contributed by atoms with Crippen LogP contribution in [0.2, 0.25) is 0 Å². The number of carbonyl (C=O) groups excluding carboxylic acids is 1. The van der Waals surface area contributed by atoms with Crippen LogP contribution in [0.25, 0.3) is 0 Å². The molecule has 0 spiro atoms. The fraction of sp³-hybridized carbons (Fsp3) is 0.278. The summed E-state index contributed by atoms with van der Waals surface area (Å²) in [6.07, 6.45) is -4.82. The fourth-order valence-electron chi connectivity index (χ4n) is 2.68. The molecule has 156 valence electrons. The molecule has 11 heteroatoms. The Balaban J connectivity index is 1.72. The highest BCUT2D eigenvalue weighted by Crippen LogP contribution is 2.24. The van der Waals surface area contributed by atoms with E-state index < -0.39 is 28.0 Å². The van der Waals surface area contributed by atoms with E-state index in [1.54, 1.807) is 0 Å². The van der Waals surface area contributed by atoms with Crippen LogP contribution in [0, 0.1) is 0 Å². The summed E-state index contributed by atoms with van der Waals surface area (Å²) in [5.41, 5.74) is 0.320. The van der Waals surface area contributed by atoms with Gasteiger partial charge in [0.25, 0.3) is 5.91 Å². The highest BCUT2D eigenvalue weighted by molar-refractivity contribution is 7.89. The van der Waals surface area contributed by atoms with Crippen LogP contribution in [-0.4, -0.2) is 51.3 Å². The highest BCUT2D eigenvalue weighted by Gasteiger charge is 2.31. The summed E-state index contributed by atoms with van der Waals surface area (Å²) in [7, 11) is -3.73. The van der Waals surface area contributed by atoms with Gasteiger partial charge in [-0.15, -0.1) is 13.2 Å². The van der Waals surface area contributed by atoms with Crippen LogP contribution in [0.4, 0.5) is 18.9 Å². The smallest absolute Gasteiger partial charge is 0.406 e. The van der Waals surface area contributed by atoms with E-state index in [1.165, 1.54) is 40.7 Å². The van der Waals surface area contributed by atoms with Crippen molar-refractivity contribution >= 4 is 21.6 Å². The summed E-state index contributed by atoms with van der Waals surface area (Å²) in [5, 5.41) is 2.53. The Labute approximate surface area is 165 Å². The predicted octanol–water partition coefficient (Wildman–Crippen LogP) is 2.86. The molecular formula is C18H17F3N2O5S. The fourth-order valence-corrected chi connectivity index (χ4v) is 4.14. The lowest BCUT2D eigenvalue weighted by molar-refractivity contribution is -0.274. The molecule has 0 bridgehead atoms. The largest absolute Gasteiger partial charge is 0.573 e. The number of morpholine rings is 1. The molecule has 0 aliphatic carbocycles. The first kappa shape index (κ1) is 21.1. The van der Waals surface area contributed by atoms with Crippen molar-refractivity contribution in [3.05, 3.63) is 54.1 Å². The van der Waals surface area contributed by atoms with Crippen molar-refractivity contribution in [1.82, 2.24) is 4.31 Å². The number of nitrogens with one attached hydrogen (secondary N) is 1. The van der Waals surface area contributed by atoms with Gasteiger partial charge in [-0.1, -0.05) is 6.07 Å². The molecule has 1 amide bonds. The summed E-state index contributed by atoms with van der Waals surface area (Å²) < 4.78 is 72.2. The predicted molar refractivity (Wildman–Crippen MR) is 97.1 cm³/mol. The summed E-state index contributed by atoms with van der Waals surface area (Å²) >= 11 is 0. The topological polar surface area (TPSA) is 84.9 Å². The molecule has 1 aliphatic rings. The number of hydrogen-bond donors (Lipinski definition) is 1. The van der Waals surface area contributed by atoms with E-state index in [1.807, 2.05) is 0 Å². The second-order valence-corrected chi connectivity index (χ2v) is 8.01. The standard InChI is InChI=1S/C18H17F3N2O5S/c19-18(20,21)28-15-6-4-13(5-7-15)17(24)22-14-2-1-3-16(12-14)29(25,26)23-8-10-27-11-9-23/h1-7,12H,8-11H2,(H,22,24). The number of hydrogen-bond acceptors (Lipinski definition) is 5. The number of anilines is 1. The molecule has 2 aromatic carbocycles. The van der Waals surface area contributed by atoms with Crippen LogP contribution in [0.5, 0.6) is 5.75 Å². The van der Waals surface area contributed by atoms with Crippen molar-refractivity contribution in [3.8, 4) is 5.75 Å². The van der Waals surface area contributed by atoms with Crippen molar-refractivity contribution in [1.29, 1.82) is 0 Å². The Morgan fingerprint density at radius 2 is 1.72 bits per heavy atom. The molecule has 1 saturated heterocycles. The van der Waals surface area contributed by atoms with E-state index in [0.29, 0.717) is 13.2 Å². The van der Waals surface area contributed by atoms with Gasteiger partial charge in [-0.05, 0) is 42.5 Å². The number of nitrogens with zero attached hydrogens (tertiary/aromatic N) is 1. The number of alkyl halides is 3. The van der Waals surface area contributed by atoms with Crippen molar-refractivity contribution in [2.45, 2.75) is 11.3 Å². The van der Waals surface area contributed by atoms with Crippen LogP contribution < -0.4 is 10.1 Å². The zero-order valence-corrected chi connectivity index (χ0v) is 15.8. The average molecular weight is 430 g/mol. The minimum atomic E-state index is -4.82. The van der Waals surface area contributed by atoms with Gasteiger partial charge >= 0.3 is 6.36 Å². The van der Waals surface area contributed by atoms with Crippen LogP contribution >= 0.6 is 0 Å². The number of rotatable bonds is 5. The number of carbonyl (C=O) groups is 1. The van der Waals surface area contributed by atoms with Gasteiger partial charge in [-0.25, -0.2) is 8.42 Å².